The number of aliphatic hydroxyl groups excluding tert-OH is 3. The average Bonchev–Trinajstić information content (AvgIpc) is 3.07. The molecule has 0 aliphatic carbocycles. The molecule has 5 atom stereocenters. The highest BCUT2D eigenvalue weighted by Crippen LogP contribution is 2.26. The lowest BCUT2D eigenvalue weighted by Gasteiger charge is -2.40. The number of hydrogen-bond acceptors (Lipinski definition) is 13. The number of ether oxygens (including phenoxy) is 3. The third-order valence-corrected chi connectivity index (χ3v) is 8.04. The van der Waals surface area contributed by atoms with Gasteiger partial charge in [-0.25, -0.2) is 9.59 Å². The Kier molecular flexibility index (Phi) is 12.7. The molecule has 1 aliphatic rings. The van der Waals surface area contributed by atoms with E-state index in [-0.39, 0.29) is 48.3 Å². The van der Waals surface area contributed by atoms with Gasteiger partial charge in [0.05, 0.1) is 19.1 Å². The first-order valence-corrected chi connectivity index (χ1v) is 15.7. The van der Waals surface area contributed by atoms with Crippen molar-refractivity contribution in [1.29, 1.82) is 0 Å². The molecule has 49 heavy (non-hydrogen) atoms. The number of esters is 1. The van der Waals surface area contributed by atoms with E-state index in [1.165, 1.54) is 30.3 Å². The molecule has 8 N–H and O–H groups in total. The fourth-order valence-corrected chi connectivity index (χ4v) is 5.23. The van der Waals surface area contributed by atoms with E-state index in [2.05, 4.69) is 10.6 Å². The van der Waals surface area contributed by atoms with Crippen molar-refractivity contribution in [2.45, 2.75) is 69.7 Å². The molecule has 2 amide bonds. The van der Waals surface area contributed by atoms with E-state index in [1.807, 2.05) is 0 Å². The third kappa shape index (κ3) is 9.79. The molecule has 15 heteroatoms. The van der Waals surface area contributed by atoms with Crippen molar-refractivity contribution < 1.29 is 53.4 Å². The zero-order valence-corrected chi connectivity index (χ0v) is 27.1. The van der Waals surface area contributed by atoms with Gasteiger partial charge < -0.3 is 55.4 Å². The summed E-state index contributed by atoms with van der Waals surface area (Å²) in [6.45, 7) is 1.86. The van der Waals surface area contributed by atoms with Crippen LogP contribution in [0.1, 0.15) is 42.4 Å². The number of amides is 2. The molecule has 0 spiro atoms. The largest absolute Gasteiger partial charge is 0.508 e. The molecule has 0 unspecified atom stereocenters. The van der Waals surface area contributed by atoms with Crippen LogP contribution in [0.25, 0.3) is 17.0 Å². The van der Waals surface area contributed by atoms with Gasteiger partial charge in [0.2, 0.25) is 23.9 Å². The van der Waals surface area contributed by atoms with E-state index < -0.39 is 42.3 Å². The summed E-state index contributed by atoms with van der Waals surface area (Å²) in [6, 6.07) is 10.8. The van der Waals surface area contributed by atoms with Gasteiger partial charge in [-0.2, -0.15) is 0 Å². The maximum atomic E-state index is 12.5. The predicted octanol–water partition coefficient (Wildman–Crippen LogP) is 0.763. The van der Waals surface area contributed by atoms with Gasteiger partial charge in [-0.1, -0.05) is 18.6 Å². The molecular formula is C34H41N3O12. The minimum absolute atomic E-state index is 0.00279. The zero-order chi connectivity index (χ0) is 35.7. The van der Waals surface area contributed by atoms with Crippen LogP contribution in [0.5, 0.6) is 5.75 Å². The number of nitrogens with one attached hydrogen (secondary N) is 2. The van der Waals surface area contributed by atoms with Crippen LogP contribution < -0.4 is 22.0 Å². The van der Waals surface area contributed by atoms with Crippen molar-refractivity contribution in [2.24, 2.45) is 0 Å². The predicted molar refractivity (Wildman–Crippen MR) is 176 cm³/mol. The number of carbonyl (C=O) groups is 3. The summed E-state index contributed by atoms with van der Waals surface area (Å²) in [7, 11) is 1.12. The van der Waals surface area contributed by atoms with Crippen molar-refractivity contribution in [3.05, 3.63) is 75.3 Å². The first kappa shape index (κ1) is 36.9. The van der Waals surface area contributed by atoms with Gasteiger partial charge in [-0.15, -0.1) is 0 Å². The number of rotatable bonds is 14. The minimum Gasteiger partial charge on any atom is -0.508 e. The Morgan fingerprint density at radius 1 is 0.959 bits per heavy atom. The number of fused-ring (bicyclic) bond motifs is 1. The van der Waals surface area contributed by atoms with Gasteiger partial charge in [0, 0.05) is 36.7 Å². The SMILES string of the molecule is COC(=O)/C(=C/c1ccc(O)cc1)O[C@@H]1O[C@H](CNC(=O)CCCCCNC(=O)Cc2c(C)c3ccc(N)cc3oc2=O)[C@H](O)[C@H](O)[C@H]1O. The number of phenolic OH excluding ortho intramolecular Hbond substituents is 1. The Bertz CT molecular complexity index is 1720. The van der Waals surface area contributed by atoms with Gasteiger partial charge >= 0.3 is 11.6 Å². The van der Waals surface area contributed by atoms with Gasteiger partial charge in [0.15, 0.2) is 0 Å². The minimum atomic E-state index is -1.75. The highest BCUT2D eigenvalue weighted by Gasteiger charge is 2.45. The van der Waals surface area contributed by atoms with Crippen LogP contribution >= 0.6 is 0 Å². The molecule has 2 aromatic carbocycles. The number of aliphatic hydroxyl groups is 3. The quantitative estimate of drug-likeness (QED) is 0.0311. The number of benzene rings is 2. The number of methoxy groups -OCH3 is 1. The highest BCUT2D eigenvalue weighted by atomic mass is 16.7. The van der Waals surface area contributed by atoms with Crippen LogP contribution in [0.2, 0.25) is 0 Å². The second kappa shape index (κ2) is 16.9. The molecule has 2 heterocycles. The molecule has 1 aromatic heterocycles. The molecule has 1 aliphatic heterocycles. The molecule has 1 fully saturated rings. The van der Waals surface area contributed by atoms with Crippen LogP contribution in [0, 0.1) is 6.92 Å². The van der Waals surface area contributed by atoms with Gasteiger partial charge in [-0.3, -0.25) is 9.59 Å². The second-order valence-corrected chi connectivity index (χ2v) is 11.6. The molecule has 0 saturated carbocycles. The lowest BCUT2D eigenvalue weighted by molar-refractivity contribution is -0.285. The maximum Gasteiger partial charge on any atom is 0.373 e. The summed E-state index contributed by atoms with van der Waals surface area (Å²) in [5.74, 6) is -1.98. The first-order valence-electron chi connectivity index (χ1n) is 15.7. The third-order valence-electron chi connectivity index (χ3n) is 8.04. The van der Waals surface area contributed by atoms with E-state index in [0.717, 1.165) is 7.11 Å². The standard InChI is InChI=1S/C34H41N3O12/c1-18-22-12-9-20(35)15-24(22)47-32(44)23(18)16-28(40)36-13-5-3-4-6-27(39)37-17-26-29(41)30(42)31(43)34(49-26)48-25(33(45)46-2)14-19-7-10-21(38)11-8-19/h7-12,14-15,26,29-31,34,38,41-43H,3-6,13,16-17,35H2,1-2H3,(H,36,40)(H,37,39)/b25-14-/t26-,29+,30+,31-,34-/m1/s1. The summed E-state index contributed by atoms with van der Waals surface area (Å²) in [6.07, 6.45) is -4.88. The average molecular weight is 684 g/mol. The molecule has 3 aromatic rings. The number of unbranched alkanes of at least 4 members (excludes halogenated alkanes) is 2. The summed E-state index contributed by atoms with van der Waals surface area (Å²) in [5, 5.41) is 46.9. The number of aromatic hydroxyl groups is 1. The Morgan fingerprint density at radius 2 is 1.69 bits per heavy atom. The summed E-state index contributed by atoms with van der Waals surface area (Å²) in [5.41, 5.74) is 7.36. The summed E-state index contributed by atoms with van der Waals surface area (Å²) >= 11 is 0. The van der Waals surface area contributed by atoms with Gasteiger partial charge in [-0.05, 0) is 61.2 Å². The number of hydrogen-bond donors (Lipinski definition) is 7. The maximum absolute atomic E-state index is 12.5. The molecule has 4 rings (SSSR count). The normalized spacial score (nSPS) is 20.8. The first-order chi connectivity index (χ1) is 23.4. The van der Waals surface area contributed by atoms with E-state index in [4.69, 9.17) is 24.4 Å². The van der Waals surface area contributed by atoms with Crippen LogP contribution in [-0.2, 0) is 35.0 Å². The zero-order valence-electron chi connectivity index (χ0n) is 27.1. The van der Waals surface area contributed by atoms with Crippen molar-refractivity contribution >= 4 is 40.5 Å². The number of nitrogens with two attached hydrogens (primary N) is 1. The molecule has 0 bridgehead atoms. The smallest absolute Gasteiger partial charge is 0.373 e. The van der Waals surface area contributed by atoms with E-state index in [1.54, 1.807) is 25.1 Å². The van der Waals surface area contributed by atoms with Gasteiger partial charge in [0.1, 0.15) is 35.7 Å². The lowest BCUT2D eigenvalue weighted by Crippen LogP contribution is -2.60. The molecule has 1 saturated heterocycles. The Hall–Kier alpha value is -4.96. The molecule has 264 valence electrons. The van der Waals surface area contributed by atoms with E-state index in [0.29, 0.717) is 53.6 Å². The summed E-state index contributed by atoms with van der Waals surface area (Å²) < 4.78 is 21.2. The van der Waals surface area contributed by atoms with Crippen molar-refractivity contribution in [3.63, 3.8) is 0 Å². The summed E-state index contributed by atoms with van der Waals surface area (Å²) in [4.78, 5) is 49.8. The van der Waals surface area contributed by atoms with Crippen molar-refractivity contribution in [1.82, 2.24) is 10.6 Å². The Morgan fingerprint density at radius 3 is 2.41 bits per heavy atom. The van der Waals surface area contributed by atoms with Crippen LogP contribution in [0.3, 0.4) is 0 Å². The monoisotopic (exact) mass is 683 g/mol. The second-order valence-electron chi connectivity index (χ2n) is 11.6. The number of nitrogen functional groups attached to an aromatic ring is 1. The Labute approximate surface area is 281 Å². The van der Waals surface area contributed by atoms with E-state index in [9.17, 15) is 39.6 Å². The Balaban J connectivity index is 1.20. The molecule has 0 radical (unpaired) electrons. The van der Waals surface area contributed by atoms with Gasteiger partial charge in [0.25, 0.3) is 0 Å². The van der Waals surface area contributed by atoms with Crippen LogP contribution in [-0.4, -0.2) is 89.1 Å². The van der Waals surface area contributed by atoms with E-state index >= 15 is 0 Å². The fourth-order valence-electron chi connectivity index (χ4n) is 5.23. The molecular weight excluding hydrogens is 642 g/mol. The fraction of sp³-hybridized carbons (Fsp3) is 0.412. The number of anilines is 1. The molecule has 15 nitrogen and oxygen atoms in total. The number of aryl methyl sites for hydroxylation is 1. The topological polar surface area (TPSA) is 240 Å². The highest BCUT2D eigenvalue weighted by molar-refractivity contribution is 5.91. The van der Waals surface area contributed by atoms with Crippen molar-refractivity contribution in [3.8, 4) is 5.75 Å². The number of carbonyl (C=O) groups excluding carboxylic acids is 3. The van der Waals surface area contributed by atoms with Crippen LogP contribution in [0.15, 0.2) is 57.4 Å². The lowest BCUT2D eigenvalue weighted by atomic mass is 9.98. The van der Waals surface area contributed by atoms with Crippen molar-refractivity contribution in [2.75, 3.05) is 25.9 Å². The van der Waals surface area contributed by atoms with Crippen LogP contribution in [0.4, 0.5) is 5.69 Å². The number of phenols is 1.